The predicted octanol–water partition coefficient (Wildman–Crippen LogP) is 4.52. The van der Waals surface area contributed by atoms with Crippen molar-refractivity contribution in [1.29, 1.82) is 0 Å². The highest BCUT2D eigenvalue weighted by Crippen LogP contribution is 2.33. The van der Waals surface area contributed by atoms with Gasteiger partial charge in [-0.25, -0.2) is 17.7 Å². The maximum atomic E-state index is 12.7. The Labute approximate surface area is 185 Å². The Hall–Kier alpha value is -2.66. The molecule has 2 aromatic heterocycles. The van der Waals surface area contributed by atoms with Crippen molar-refractivity contribution in [3.8, 4) is 11.3 Å². The van der Waals surface area contributed by atoms with Crippen molar-refractivity contribution in [3.05, 3.63) is 57.9 Å². The van der Waals surface area contributed by atoms with Crippen molar-refractivity contribution in [1.82, 2.24) is 14.6 Å². The van der Waals surface area contributed by atoms with Crippen molar-refractivity contribution in [3.63, 3.8) is 0 Å². The molecular formula is C18H13Cl2N5O3S2. The van der Waals surface area contributed by atoms with E-state index in [1.54, 1.807) is 18.2 Å². The zero-order valence-corrected chi connectivity index (χ0v) is 18.4. The Morgan fingerprint density at radius 1 is 1.13 bits per heavy atom. The first-order valence-corrected chi connectivity index (χ1v) is 11.5. The normalized spacial score (nSPS) is 11.6. The molecule has 0 aliphatic heterocycles. The highest BCUT2D eigenvalue weighted by molar-refractivity contribution is 7.92. The number of carbonyl (C=O) groups is 1. The van der Waals surface area contributed by atoms with Gasteiger partial charge >= 0.3 is 0 Å². The standard InChI is InChI=1S/C18H13Cl2N5O3S2/c1-10(26)21-12-3-5-13(6-4-12)30(27,28)24-17-22-18-25(23-17)16(9-29-18)14-7-2-11(19)8-15(14)20/h2-9H,1H3,(H,21,26)(H,23,24). The van der Waals surface area contributed by atoms with E-state index in [2.05, 4.69) is 20.1 Å². The molecule has 0 radical (unpaired) electrons. The van der Waals surface area contributed by atoms with Crippen molar-refractivity contribution in [2.24, 2.45) is 0 Å². The van der Waals surface area contributed by atoms with Crippen LogP contribution in [0.5, 0.6) is 0 Å². The molecule has 0 atom stereocenters. The number of halogens is 2. The molecule has 0 spiro atoms. The fourth-order valence-electron chi connectivity index (χ4n) is 2.71. The number of fused-ring (bicyclic) bond motifs is 1. The lowest BCUT2D eigenvalue weighted by Crippen LogP contribution is -2.14. The minimum absolute atomic E-state index is 0.00993. The molecule has 4 aromatic rings. The zero-order valence-electron chi connectivity index (χ0n) is 15.3. The summed E-state index contributed by atoms with van der Waals surface area (Å²) in [5, 5.41) is 9.61. The van der Waals surface area contributed by atoms with Gasteiger partial charge in [-0.3, -0.25) is 4.79 Å². The van der Waals surface area contributed by atoms with Crippen LogP contribution in [-0.2, 0) is 14.8 Å². The molecular weight excluding hydrogens is 469 g/mol. The quantitative estimate of drug-likeness (QED) is 0.435. The van der Waals surface area contributed by atoms with E-state index in [-0.39, 0.29) is 16.8 Å². The van der Waals surface area contributed by atoms with Crippen LogP contribution in [0.4, 0.5) is 11.6 Å². The van der Waals surface area contributed by atoms with Gasteiger partial charge in [0.15, 0.2) is 0 Å². The van der Waals surface area contributed by atoms with Gasteiger partial charge in [0.05, 0.1) is 15.6 Å². The third-order valence-corrected chi connectivity index (χ3v) is 6.71. The molecule has 30 heavy (non-hydrogen) atoms. The first kappa shape index (κ1) is 20.6. The number of thiazole rings is 1. The van der Waals surface area contributed by atoms with E-state index in [0.717, 1.165) is 0 Å². The summed E-state index contributed by atoms with van der Waals surface area (Å²) in [6.07, 6.45) is 0. The number of hydrogen-bond acceptors (Lipinski definition) is 6. The fraction of sp³-hybridized carbons (Fsp3) is 0.0556. The number of nitrogens with one attached hydrogen (secondary N) is 2. The SMILES string of the molecule is CC(=O)Nc1ccc(S(=O)(=O)Nc2nc3scc(-c4ccc(Cl)cc4Cl)n3n2)cc1. The monoisotopic (exact) mass is 481 g/mol. The van der Waals surface area contributed by atoms with Crippen molar-refractivity contribution in [2.75, 3.05) is 10.0 Å². The Morgan fingerprint density at radius 3 is 2.53 bits per heavy atom. The second-order valence-electron chi connectivity index (χ2n) is 6.19. The number of aromatic nitrogens is 3. The molecule has 0 saturated heterocycles. The number of amides is 1. The molecule has 2 N–H and O–H groups in total. The van der Waals surface area contributed by atoms with E-state index in [1.165, 1.54) is 47.0 Å². The molecule has 0 bridgehead atoms. The van der Waals surface area contributed by atoms with E-state index < -0.39 is 10.0 Å². The zero-order chi connectivity index (χ0) is 21.5. The lowest BCUT2D eigenvalue weighted by Gasteiger charge is -2.06. The summed E-state index contributed by atoms with van der Waals surface area (Å²) >= 11 is 13.5. The van der Waals surface area contributed by atoms with Gasteiger partial charge in [0, 0.05) is 28.6 Å². The lowest BCUT2D eigenvalue weighted by molar-refractivity contribution is -0.114. The summed E-state index contributed by atoms with van der Waals surface area (Å²) in [5.41, 5.74) is 1.85. The highest BCUT2D eigenvalue weighted by Gasteiger charge is 2.19. The minimum atomic E-state index is -3.92. The smallest absolute Gasteiger partial charge is 0.264 e. The third kappa shape index (κ3) is 4.12. The van der Waals surface area contributed by atoms with Crippen molar-refractivity contribution < 1.29 is 13.2 Å². The maximum absolute atomic E-state index is 12.7. The summed E-state index contributed by atoms with van der Waals surface area (Å²) in [4.78, 5) is 15.8. The third-order valence-electron chi connectivity index (χ3n) is 4.00. The molecule has 0 fully saturated rings. The van der Waals surface area contributed by atoms with Crippen LogP contribution in [0.1, 0.15) is 6.92 Å². The van der Waals surface area contributed by atoms with Crippen LogP contribution in [0, 0.1) is 0 Å². The molecule has 2 heterocycles. The minimum Gasteiger partial charge on any atom is -0.326 e. The number of benzene rings is 2. The summed E-state index contributed by atoms with van der Waals surface area (Å²) < 4.78 is 29.2. The predicted molar refractivity (Wildman–Crippen MR) is 118 cm³/mol. The number of carbonyl (C=O) groups excluding carboxylic acids is 1. The maximum Gasteiger partial charge on any atom is 0.264 e. The van der Waals surface area contributed by atoms with Crippen LogP contribution >= 0.6 is 34.5 Å². The molecule has 1 amide bonds. The number of nitrogens with zero attached hydrogens (tertiary/aromatic N) is 3. The van der Waals surface area contributed by atoms with E-state index in [4.69, 9.17) is 23.2 Å². The lowest BCUT2D eigenvalue weighted by atomic mass is 10.2. The number of sulfonamides is 1. The molecule has 12 heteroatoms. The first-order valence-electron chi connectivity index (χ1n) is 8.43. The van der Waals surface area contributed by atoms with E-state index >= 15 is 0 Å². The number of anilines is 2. The van der Waals surface area contributed by atoms with Crippen molar-refractivity contribution in [2.45, 2.75) is 11.8 Å². The van der Waals surface area contributed by atoms with Gasteiger partial charge in [0.1, 0.15) is 0 Å². The highest BCUT2D eigenvalue weighted by atomic mass is 35.5. The molecule has 154 valence electrons. The van der Waals surface area contributed by atoms with Gasteiger partial charge in [-0.15, -0.1) is 16.4 Å². The Kier molecular flexibility index (Phi) is 5.41. The average Bonchev–Trinajstić information content (AvgIpc) is 3.22. The van der Waals surface area contributed by atoms with E-state index in [9.17, 15) is 13.2 Å². The number of rotatable bonds is 5. The molecule has 2 aromatic carbocycles. The Bertz CT molecular complexity index is 1360. The second kappa shape index (κ2) is 7.88. The molecule has 0 unspecified atom stereocenters. The topological polar surface area (TPSA) is 105 Å². The first-order chi connectivity index (χ1) is 14.2. The molecule has 0 aliphatic rings. The van der Waals surface area contributed by atoms with Gasteiger partial charge in [-0.05, 0) is 42.5 Å². The van der Waals surface area contributed by atoms with Gasteiger partial charge < -0.3 is 5.32 Å². The number of hydrogen-bond donors (Lipinski definition) is 2. The van der Waals surface area contributed by atoms with Crippen LogP contribution in [0.3, 0.4) is 0 Å². The summed E-state index contributed by atoms with van der Waals surface area (Å²) in [5.74, 6) is -0.318. The van der Waals surface area contributed by atoms with Gasteiger partial charge in [0.2, 0.25) is 10.9 Å². The summed E-state index contributed by atoms with van der Waals surface area (Å²) in [6.45, 7) is 1.37. The van der Waals surface area contributed by atoms with Crippen molar-refractivity contribution >= 4 is 67.1 Å². The Morgan fingerprint density at radius 2 is 1.87 bits per heavy atom. The van der Waals surface area contributed by atoms with E-state index in [1.807, 2.05) is 5.38 Å². The average molecular weight is 482 g/mol. The van der Waals surface area contributed by atoms with E-state index in [0.29, 0.717) is 32.0 Å². The fourth-order valence-corrected chi connectivity index (χ4v) is 4.97. The van der Waals surface area contributed by atoms with Gasteiger partial charge in [-0.1, -0.05) is 23.2 Å². The molecule has 0 aliphatic carbocycles. The molecule has 8 nitrogen and oxygen atoms in total. The van der Waals surface area contributed by atoms with Gasteiger partial charge in [-0.2, -0.15) is 4.98 Å². The van der Waals surface area contributed by atoms with Crippen LogP contribution < -0.4 is 10.0 Å². The second-order valence-corrected chi connectivity index (χ2v) is 9.55. The Balaban J connectivity index is 1.62. The van der Waals surface area contributed by atoms with Gasteiger partial charge in [0.25, 0.3) is 16.0 Å². The van der Waals surface area contributed by atoms with Crippen LogP contribution in [0.2, 0.25) is 10.0 Å². The van der Waals surface area contributed by atoms with Crippen LogP contribution in [0.25, 0.3) is 16.2 Å². The van der Waals surface area contributed by atoms with Crippen LogP contribution in [-0.4, -0.2) is 28.9 Å². The summed E-state index contributed by atoms with van der Waals surface area (Å²) in [7, 11) is -3.92. The molecule has 4 rings (SSSR count). The molecule has 0 saturated carbocycles. The largest absolute Gasteiger partial charge is 0.326 e. The van der Waals surface area contributed by atoms with Crippen LogP contribution in [0.15, 0.2) is 52.7 Å². The summed E-state index contributed by atoms with van der Waals surface area (Å²) in [6, 6.07) is 10.8.